The lowest BCUT2D eigenvalue weighted by atomic mass is 10.1. The maximum absolute atomic E-state index is 11.8. The van der Waals surface area contributed by atoms with Crippen molar-refractivity contribution in [1.82, 2.24) is 5.32 Å². The predicted molar refractivity (Wildman–Crippen MR) is 66.8 cm³/mol. The fourth-order valence-corrected chi connectivity index (χ4v) is 1.97. The van der Waals surface area contributed by atoms with Gasteiger partial charge >= 0.3 is 6.03 Å². The smallest absolute Gasteiger partial charge is 0.295 e. The summed E-state index contributed by atoms with van der Waals surface area (Å²) < 4.78 is 0. The summed E-state index contributed by atoms with van der Waals surface area (Å²) in [6, 6.07) is 3.91. The Kier molecular flexibility index (Phi) is 3.16. The van der Waals surface area contributed by atoms with Gasteiger partial charge in [0.05, 0.1) is 12.1 Å². The summed E-state index contributed by atoms with van der Waals surface area (Å²) in [6.45, 7) is 2.62. The Morgan fingerprint density at radius 1 is 1.21 bits per heavy atom. The van der Waals surface area contributed by atoms with Crippen molar-refractivity contribution in [3.05, 3.63) is 29.3 Å². The summed E-state index contributed by atoms with van der Waals surface area (Å²) in [5.74, 6) is -1.07. The number of amides is 4. The zero-order valence-electron chi connectivity index (χ0n) is 10.5. The molecule has 98 valence electrons. The SMILES string of the molecule is CC(=O)NC(=O)N1C(=O)Cc2cc(C(C)=O)ccc21. The number of carbonyl (C=O) groups excluding carboxylic acids is 4. The molecule has 6 nitrogen and oxygen atoms in total. The highest BCUT2D eigenvalue weighted by molar-refractivity contribution is 6.21. The van der Waals surface area contributed by atoms with Gasteiger partial charge in [-0.25, -0.2) is 9.69 Å². The average Bonchev–Trinajstić information content (AvgIpc) is 2.62. The predicted octanol–water partition coefficient (Wildman–Crippen LogP) is 1.03. The molecule has 0 aliphatic carbocycles. The molecule has 6 heteroatoms. The molecule has 0 saturated heterocycles. The topological polar surface area (TPSA) is 83.6 Å². The second-order valence-corrected chi connectivity index (χ2v) is 4.29. The highest BCUT2D eigenvalue weighted by Crippen LogP contribution is 2.29. The number of benzene rings is 1. The van der Waals surface area contributed by atoms with Crippen molar-refractivity contribution in [3.63, 3.8) is 0 Å². The molecule has 0 spiro atoms. The van der Waals surface area contributed by atoms with E-state index in [0.717, 1.165) is 4.90 Å². The van der Waals surface area contributed by atoms with Crippen molar-refractivity contribution in [1.29, 1.82) is 0 Å². The maximum Gasteiger partial charge on any atom is 0.335 e. The van der Waals surface area contributed by atoms with E-state index in [1.807, 2.05) is 0 Å². The molecule has 0 unspecified atom stereocenters. The minimum Gasteiger partial charge on any atom is -0.295 e. The van der Waals surface area contributed by atoms with Crippen LogP contribution < -0.4 is 10.2 Å². The normalized spacial score (nSPS) is 13.2. The zero-order chi connectivity index (χ0) is 14.2. The van der Waals surface area contributed by atoms with Gasteiger partial charge in [0, 0.05) is 12.5 Å². The lowest BCUT2D eigenvalue weighted by Crippen LogP contribution is -2.43. The summed E-state index contributed by atoms with van der Waals surface area (Å²) in [4.78, 5) is 46.6. The van der Waals surface area contributed by atoms with E-state index in [4.69, 9.17) is 0 Å². The molecule has 2 rings (SSSR count). The van der Waals surface area contributed by atoms with E-state index in [-0.39, 0.29) is 12.2 Å². The monoisotopic (exact) mass is 260 g/mol. The molecule has 0 radical (unpaired) electrons. The van der Waals surface area contributed by atoms with Crippen LogP contribution in [0.5, 0.6) is 0 Å². The maximum atomic E-state index is 11.8. The third-order valence-electron chi connectivity index (χ3n) is 2.80. The van der Waals surface area contributed by atoms with Gasteiger partial charge in [-0.15, -0.1) is 0 Å². The van der Waals surface area contributed by atoms with Crippen molar-refractivity contribution < 1.29 is 19.2 Å². The second kappa shape index (κ2) is 4.64. The van der Waals surface area contributed by atoms with E-state index in [9.17, 15) is 19.2 Å². The molecule has 1 N–H and O–H groups in total. The van der Waals surface area contributed by atoms with Crippen LogP contribution in [0.4, 0.5) is 10.5 Å². The quantitative estimate of drug-likeness (QED) is 0.764. The number of ketones is 1. The second-order valence-electron chi connectivity index (χ2n) is 4.29. The Morgan fingerprint density at radius 2 is 1.89 bits per heavy atom. The molecule has 0 saturated carbocycles. The summed E-state index contributed by atoms with van der Waals surface area (Å²) >= 11 is 0. The third kappa shape index (κ3) is 2.37. The van der Waals surface area contributed by atoms with Crippen molar-refractivity contribution >= 4 is 29.3 Å². The first-order valence-electron chi connectivity index (χ1n) is 5.68. The molecule has 0 atom stereocenters. The molecule has 1 aromatic rings. The van der Waals surface area contributed by atoms with Gasteiger partial charge in [0.15, 0.2) is 5.78 Å². The molecule has 1 aromatic carbocycles. The van der Waals surface area contributed by atoms with Crippen LogP contribution in [0.25, 0.3) is 0 Å². The first-order valence-corrected chi connectivity index (χ1v) is 5.68. The van der Waals surface area contributed by atoms with Gasteiger partial charge in [0.2, 0.25) is 11.8 Å². The third-order valence-corrected chi connectivity index (χ3v) is 2.80. The van der Waals surface area contributed by atoms with E-state index >= 15 is 0 Å². The fraction of sp³-hybridized carbons (Fsp3) is 0.231. The number of Topliss-reactive ketones (excluding diaryl/α,β-unsaturated/α-hetero) is 1. The molecular weight excluding hydrogens is 248 g/mol. The number of imide groups is 2. The first-order chi connectivity index (χ1) is 8.90. The van der Waals surface area contributed by atoms with Crippen LogP contribution in [0.3, 0.4) is 0 Å². The lowest BCUT2D eigenvalue weighted by Gasteiger charge is -2.15. The van der Waals surface area contributed by atoms with Crippen LogP contribution in [0, 0.1) is 0 Å². The molecule has 1 aliphatic rings. The van der Waals surface area contributed by atoms with Gasteiger partial charge in [-0.1, -0.05) is 0 Å². The van der Waals surface area contributed by atoms with Gasteiger partial charge < -0.3 is 0 Å². The minimum absolute atomic E-state index is 0.0434. The van der Waals surface area contributed by atoms with Crippen molar-refractivity contribution in [3.8, 4) is 0 Å². The minimum atomic E-state index is -0.771. The number of rotatable bonds is 1. The van der Waals surface area contributed by atoms with Crippen molar-refractivity contribution in [2.45, 2.75) is 20.3 Å². The number of nitrogens with zero attached hydrogens (tertiary/aromatic N) is 1. The summed E-state index contributed by atoms with van der Waals surface area (Å²) in [6.07, 6.45) is 0.0434. The van der Waals surface area contributed by atoms with Crippen LogP contribution >= 0.6 is 0 Å². The lowest BCUT2D eigenvalue weighted by molar-refractivity contribution is -0.117. The first kappa shape index (κ1) is 12.9. The Balaban J connectivity index is 2.37. The highest BCUT2D eigenvalue weighted by Gasteiger charge is 2.33. The summed E-state index contributed by atoms with van der Waals surface area (Å²) in [5.41, 5.74) is 1.51. The number of nitrogens with one attached hydrogen (secondary N) is 1. The Morgan fingerprint density at radius 3 is 2.47 bits per heavy atom. The fourth-order valence-electron chi connectivity index (χ4n) is 1.97. The van der Waals surface area contributed by atoms with Crippen LogP contribution in [0.2, 0.25) is 0 Å². The van der Waals surface area contributed by atoms with E-state index in [1.165, 1.54) is 19.9 Å². The number of urea groups is 1. The molecule has 4 amide bonds. The molecular formula is C13H12N2O4. The summed E-state index contributed by atoms with van der Waals surface area (Å²) in [7, 11) is 0. The molecule has 0 fully saturated rings. The van der Waals surface area contributed by atoms with Gasteiger partial charge in [0.1, 0.15) is 0 Å². The van der Waals surface area contributed by atoms with Crippen LogP contribution in [-0.2, 0) is 16.0 Å². The van der Waals surface area contributed by atoms with Crippen LogP contribution in [-0.4, -0.2) is 23.6 Å². The number of anilines is 1. The number of fused-ring (bicyclic) bond motifs is 1. The Labute approximate surface area is 109 Å². The van der Waals surface area contributed by atoms with Gasteiger partial charge in [-0.2, -0.15) is 0 Å². The van der Waals surface area contributed by atoms with Crippen molar-refractivity contribution in [2.24, 2.45) is 0 Å². The van der Waals surface area contributed by atoms with Crippen LogP contribution in [0.15, 0.2) is 18.2 Å². The average molecular weight is 260 g/mol. The Bertz CT molecular complexity index is 607. The van der Waals surface area contributed by atoms with Gasteiger partial charge in [-0.05, 0) is 30.7 Å². The summed E-state index contributed by atoms with van der Waals surface area (Å²) in [5, 5.41) is 2.05. The largest absolute Gasteiger partial charge is 0.335 e. The molecule has 19 heavy (non-hydrogen) atoms. The number of hydrogen-bond acceptors (Lipinski definition) is 4. The zero-order valence-corrected chi connectivity index (χ0v) is 10.5. The number of hydrogen-bond donors (Lipinski definition) is 1. The van der Waals surface area contributed by atoms with Gasteiger partial charge in [-0.3, -0.25) is 19.7 Å². The van der Waals surface area contributed by atoms with E-state index < -0.39 is 17.8 Å². The van der Waals surface area contributed by atoms with E-state index in [1.54, 1.807) is 12.1 Å². The van der Waals surface area contributed by atoms with Gasteiger partial charge in [0.25, 0.3) is 0 Å². The molecule has 1 aliphatic heterocycles. The molecule has 0 aromatic heterocycles. The Hall–Kier alpha value is -2.50. The van der Waals surface area contributed by atoms with Crippen molar-refractivity contribution in [2.75, 3.05) is 4.90 Å². The molecule has 0 bridgehead atoms. The van der Waals surface area contributed by atoms with Crippen LogP contribution in [0.1, 0.15) is 29.8 Å². The number of carbonyl (C=O) groups is 4. The van der Waals surface area contributed by atoms with E-state index in [2.05, 4.69) is 5.32 Å². The molecule has 1 heterocycles. The standard InChI is InChI=1S/C13H12N2O4/c1-7(16)9-3-4-11-10(5-9)6-12(18)15(11)13(19)14-8(2)17/h3-5H,6H2,1-2H3,(H,14,17,19). The van der Waals surface area contributed by atoms with E-state index in [0.29, 0.717) is 16.8 Å². The highest BCUT2D eigenvalue weighted by atomic mass is 16.2.